The van der Waals surface area contributed by atoms with Crippen LogP contribution in [-0.4, -0.2) is 29.7 Å². The Morgan fingerprint density at radius 1 is 1.32 bits per heavy atom. The van der Waals surface area contributed by atoms with Crippen LogP contribution in [0, 0.1) is 0 Å². The van der Waals surface area contributed by atoms with E-state index in [2.05, 4.69) is 32.6 Å². The Hall–Kier alpha value is -1.82. The van der Waals surface area contributed by atoms with Crippen molar-refractivity contribution in [1.29, 1.82) is 0 Å². The molecule has 98 valence electrons. The van der Waals surface area contributed by atoms with Gasteiger partial charge in [0, 0.05) is 36.6 Å². The fourth-order valence-electron chi connectivity index (χ4n) is 2.12. The molecule has 2 aliphatic rings. The second-order valence-electron chi connectivity index (χ2n) is 4.81. The third-order valence-electron chi connectivity index (χ3n) is 3.13. The predicted octanol–water partition coefficient (Wildman–Crippen LogP) is 1.78. The summed E-state index contributed by atoms with van der Waals surface area (Å²) in [5.41, 5.74) is 3.13. The molecule has 5 nitrogen and oxygen atoms in total. The Bertz CT molecular complexity index is 588. The number of thiophene rings is 1. The molecule has 0 radical (unpaired) electrons. The Labute approximate surface area is 115 Å². The topological polar surface area (TPSA) is 66.2 Å². The van der Waals surface area contributed by atoms with Gasteiger partial charge in [-0.1, -0.05) is 0 Å². The van der Waals surface area contributed by atoms with Crippen molar-refractivity contribution in [2.45, 2.75) is 31.8 Å². The van der Waals surface area contributed by atoms with Gasteiger partial charge >= 0.3 is 0 Å². The van der Waals surface area contributed by atoms with Crippen LogP contribution in [0.1, 0.15) is 29.5 Å². The molecule has 3 rings (SSSR count). The van der Waals surface area contributed by atoms with E-state index in [9.17, 15) is 4.79 Å². The minimum atomic E-state index is -0.356. The van der Waals surface area contributed by atoms with Crippen LogP contribution in [0.2, 0.25) is 0 Å². The van der Waals surface area contributed by atoms with Crippen molar-refractivity contribution in [2.24, 2.45) is 15.1 Å². The molecule has 0 bridgehead atoms. The second kappa shape index (κ2) is 4.70. The van der Waals surface area contributed by atoms with Crippen molar-refractivity contribution >= 4 is 35.4 Å². The highest BCUT2D eigenvalue weighted by molar-refractivity contribution is 7.14. The lowest BCUT2D eigenvalue weighted by Gasteiger charge is -2.15. The van der Waals surface area contributed by atoms with E-state index >= 15 is 0 Å². The van der Waals surface area contributed by atoms with Crippen LogP contribution < -0.4 is 5.43 Å². The fraction of sp³-hybridized carbons (Fsp3) is 0.385. The molecular weight excluding hydrogens is 260 g/mol. The quantitative estimate of drug-likeness (QED) is 0.897. The van der Waals surface area contributed by atoms with Gasteiger partial charge in [0.15, 0.2) is 5.66 Å². The molecular formula is C13H14N4OS. The third-order valence-corrected chi connectivity index (χ3v) is 4.27. The SMILES string of the molecule is CC1(Cc2ccc(C3=NNC(=O)CC3)s2)N=CC=N1. The van der Waals surface area contributed by atoms with Crippen molar-refractivity contribution in [3.8, 4) is 0 Å². The molecule has 0 aromatic carbocycles. The minimum Gasteiger partial charge on any atom is -0.273 e. The lowest BCUT2D eigenvalue weighted by molar-refractivity contribution is -0.121. The van der Waals surface area contributed by atoms with Crippen LogP contribution >= 0.6 is 11.3 Å². The highest BCUT2D eigenvalue weighted by Crippen LogP contribution is 2.27. The van der Waals surface area contributed by atoms with Gasteiger partial charge in [0.05, 0.1) is 10.6 Å². The summed E-state index contributed by atoms with van der Waals surface area (Å²) in [7, 11) is 0. The number of carbonyl (C=O) groups excluding carboxylic acids is 1. The number of aliphatic imine (C=N–C) groups is 2. The maximum absolute atomic E-state index is 11.1. The van der Waals surface area contributed by atoms with Gasteiger partial charge in [-0.15, -0.1) is 11.3 Å². The third kappa shape index (κ3) is 2.63. The minimum absolute atomic E-state index is 0.0114. The standard InChI is InChI=1S/C13H14N4OS/c1-13(14-6-7-15-13)8-9-2-4-11(19-9)10-3-5-12(18)17-16-10/h2,4,6-7H,3,5,8H2,1H3,(H,17,18). The average Bonchev–Trinajstić information content (AvgIpc) is 3.00. The summed E-state index contributed by atoms with van der Waals surface area (Å²) in [6.07, 6.45) is 5.51. The molecule has 19 heavy (non-hydrogen) atoms. The smallest absolute Gasteiger partial charge is 0.240 e. The lowest BCUT2D eigenvalue weighted by atomic mass is 10.1. The summed E-state index contributed by atoms with van der Waals surface area (Å²) in [5, 5.41) is 4.11. The van der Waals surface area contributed by atoms with Crippen molar-refractivity contribution < 1.29 is 4.79 Å². The molecule has 0 saturated heterocycles. The van der Waals surface area contributed by atoms with Gasteiger partial charge in [0.25, 0.3) is 0 Å². The van der Waals surface area contributed by atoms with Crippen molar-refractivity contribution in [1.82, 2.24) is 5.43 Å². The summed E-state index contributed by atoms with van der Waals surface area (Å²) >= 11 is 1.70. The van der Waals surface area contributed by atoms with Gasteiger partial charge in [-0.05, 0) is 19.1 Å². The molecule has 0 unspecified atom stereocenters. The summed E-state index contributed by atoms with van der Waals surface area (Å²) < 4.78 is 0. The van der Waals surface area contributed by atoms with E-state index in [4.69, 9.17) is 0 Å². The summed E-state index contributed by atoms with van der Waals surface area (Å²) in [6, 6.07) is 4.15. The zero-order chi connectivity index (χ0) is 13.3. The molecule has 0 saturated carbocycles. The van der Waals surface area contributed by atoms with E-state index < -0.39 is 0 Å². The number of nitrogens with zero attached hydrogens (tertiary/aromatic N) is 3. The van der Waals surface area contributed by atoms with Gasteiger partial charge in [0.2, 0.25) is 5.91 Å². The normalized spacial score (nSPS) is 20.5. The number of hydrogen-bond donors (Lipinski definition) is 1. The van der Waals surface area contributed by atoms with E-state index in [1.165, 1.54) is 4.88 Å². The van der Waals surface area contributed by atoms with Gasteiger partial charge < -0.3 is 0 Å². The first kappa shape index (κ1) is 12.2. The molecule has 1 N–H and O–H groups in total. The summed E-state index contributed by atoms with van der Waals surface area (Å²) in [6.45, 7) is 2.02. The average molecular weight is 274 g/mol. The van der Waals surface area contributed by atoms with Gasteiger partial charge in [-0.25, -0.2) is 5.43 Å². The number of carbonyl (C=O) groups is 1. The summed E-state index contributed by atoms with van der Waals surface area (Å²) in [5.74, 6) is -0.0114. The van der Waals surface area contributed by atoms with Crippen LogP contribution in [0.25, 0.3) is 0 Å². The molecule has 2 aliphatic heterocycles. The van der Waals surface area contributed by atoms with Crippen molar-refractivity contribution in [3.63, 3.8) is 0 Å². The van der Waals surface area contributed by atoms with Crippen LogP contribution in [0.15, 0.2) is 27.2 Å². The van der Waals surface area contributed by atoms with Crippen LogP contribution in [0.3, 0.4) is 0 Å². The van der Waals surface area contributed by atoms with E-state index in [1.807, 2.05) is 6.92 Å². The number of rotatable bonds is 3. The number of nitrogens with one attached hydrogen (secondary N) is 1. The number of hydrazone groups is 1. The van der Waals surface area contributed by atoms with E-state index in [-0.39, 0.29) is 11.6 Å². The fourth-order valence-corrected chi connectivity index (χ4v) is 3.29. The van der Waals surface area contributed by atoms with Gasteiger partial charge in [-0.2, -0.15) is 5.10 Å². The molecule has 1 aromatic heterocycles. The van der Waals surface area contributed by atoms with Crippen molar-refractivity contribution in [2.75, 3.05) is 0 Å². The molecule has 0 atom stereocenters. The zero-order valence-corrected chi connectivity index (χ0v) is 11.4. The molecule has 3 heterocycles. The highest BCUT2D eigenvalue weighted by Gasteiger charge is 2.24. The molecule has 0 spiro atoms. The van der Waals surface area contributed by atoms with Crippen LogP contribution in [-0.2, 0) is 11.2 Å². The van der Waals surface area contributed by atoms with Crippen LogP contribution in [0.4, 0.5) is 0 Å². The number of amides is 1. The Morgan fingerprint density at radius 2 is 2.11 bits per heavy atom. The van der Waals surface area contributed by atoms with Gasteiger partial charge in [0.1, 0.15) is 0 Å². The first-order valence-electron chi connectivity index (χ1n) is 6.18. The van der Waals surface area contributed by atoms with Crippen molar-refractivity contribution in [3.05, 3.63) is 21.9 Å². The number of hydrogen-bond acceptors (Lipinski definition) is 5. The maximum atomic E-state index is 11.1. The zero-order valence-electron chi connectivity index (χ0n) is 10.6. The molecule has 0 aliphatic carbocycles. The van der Waals surface area contributed by atoms with Gasteiger partial charge in [-0.3, -0.25) is 14.8 Å². The Balaban J connectivity index is 1.75. The first-order chi connectivity index (χ1) is 9.15. The predicted molar refractivity (Wildman–Crippen MR) is 77.3 cm³/mol. The Kier molecular flexibility index (Phi) is 3.02. The molecule has 1 aromatic rings. The molecule has 6 heteroatoms. The highest BCUT2D eigenvalue weighted by atomic mass is 32.1. The second-order valence-corrected chi connectivity index (χ2v) is 5.98. The first-order valence-corrected chi connectivity index (χ1v) is 7.00. The largest absolute Gasteiger partial charge is 0.273 e. The summed E-state index contributed by atoms with van der Waals surface area (Å²) in [4.78, 5) is 22.1. The Morgan fingerprint density at radius 3 is 2.79 bits per heavy atom. The van der Waals surface area contributed by atoms with E-state index in [1.54, 1.807) is 23.8 Å². The maximum Gasteiger partial charge on any atom is 0.240 e. The lowest BCUT2D eigenvalue weighted by Crippen LogP contribution is -2.25. The van der Waals surface area contributed by atoms with Crippen LogP contribution in [0.5, 0.6) is 0 Å². The molecule has 0 fully saturated rings. The monoisotopic (exact) mass is 274 g/mol. The van der Waals surface area contributed by atoms with E-state index in [0.29, 0.717) is 12.8 Å². The van der Waals surface area contributed by atoms with E-state index in [0.717, 1.165) is 17.0 Å². The molecule has 1 amide bonds.